The number of rotatable bonds is 4. The van der Waals surface area contributed by atoms with E-state index in [-0.39, 0.29) is 11.9 Å². The summed E-state index contributed by atoms with van der Waals surface area (Å²) >= 11 is 6.26. The summed E-state index contributed by atoms with van der Waals surface area (Å²) in [6.45, 7) is 2.08. The van der Waals surface area contributed by atoms with Gasteiger partial charge in [-0.3, -0.25) is 5.41 Å². The lowest BCUT2D eigenvalue weighted by atomic mass is 10.0. The molecule has 0 spiro atoms. The van der Waals surface area contributed by atoms with Crippen LogP contribution in [0.15, 0.2) is 48.5 Å². The molecule has 0 amide bonds. The van der Waals surface area contributed by atoms with Gasteiger partial charge in [-0.05, 0) is 30.7 Å². The predicted molar refractivity (Wildman–Crippen MR) is 85.7 cm³/mol. The molecule has 1 unspecified atom stereocenters. The summed E-state index contributed by atoms with van der Waals surface area (Å²) in [5.41, 5.74) is 8.36. The molecule has 104 valence electrons. The van der Waals surface area contributed by atoms with Gasteiger partial charge in [0.15, 0.2) is 0 Å². The van der Waals surface area contributed by atoms with Crippen LogP contribution in [0.1, 0.15) is 24.1 Å². The molecule has 1 atom stereocenters. The summed E-state index contributed by atoms with van der Waals surface area (Å²) < 4.78 is 0. The topological polar surface area (TPSA) is 53.1 Å². The SMILES string of the molecule is CC(c1ccccc1Cl)N(C)c1ccccc1C(=N)N. The minimum Gasteiger partial charge on any atom is -0.384 e. The molecule has 3 nitrogen and oxygen atoms in total. The lowest BCUT2D eigenvalue weighted by molar-refractivity contribution is 0.739. The van der Waals surface area contributed by atoms with Gasteiger partial charge in [-0.1, -0.05) is 41.9 Å². The van der Waals surface area contributed by atoms with Crippen molar-refractivity contribution in [3.8, 4) is 0 Å². The van der Waals surface area contributed by atoms with Crippen LogP contribution < -0.4 is 10.6 Å². The molecule has 3 N–H and O–H groups in total. The number of para-hydroxylation sites is 1. The number of benzene rings is 2. The third kappa shape index (κ3) is 2.78. The van der Waals surface area contributed by atoms with Crippen molar-refractivity contribution in [1.29, 1.82) is 5.41 Å². The monoisotopic (exact) mass is 287 g/mol. The Balaban J connectivity index is 2.39. The van der Waals surface area contributed by atoms with Gasteiger partial charge in [0.2, 0.25) is 0 Å². The number of anilines is 1. The van der Waals surface area contributed by atoms with E-state index >= 15 is 0 Å². The highest BCUT2D eigenvalue weighted by Gasteiger charge is 2.17. The Labute approximate surface area is 124 Å². The first-order valence-corrected chi connectivity index (χ1v) is 6.81. The van der Waals surface area contributed by atoms with Gasteiger partial charge in [0.05, 0.1) is 6.04 Å². The molecule has 2 aromatic carbocycles. The minimum absolute atomic E-state index is 0.0683. The van der Waals surface area contributed by atoms with Crippen molar-refractivity contribution in [2.45, 2.75) is 13.0 Å². The first-order chi connectivity index (χ1) is 9.52. The van der Waals surface area contributed by atoms with Crippen molar-refractivity contribution in [2.24, 2.45) is 5.73 Å². The molecule has 0 bridgehead atoms. The average molecular weight is 288 g/mol. The molecule has 0 aliphatic carbocycles. The highest BCUT2D eigenvalue weighted by atomic mass is 35.5. The third-order valence-corrected chi connectivity index (χ3v) is 3.85. The molecule has 0 heterocycles. The Morgan fingerprint density at radius 3 is 2.40 bits per heavy atom. The quantitative estimate of drug-likeness (QED) is 0.663. The molecular weight excluding hydrogens is 270 g/mol. The van der Waals surface area contributed by atoms with E-state index in [0.717, 1.165) is 21.8 Å². The molecule has 0 saturated carbocycles. The molecule has 0 aliphatic heterocycles. The van der Waals surface area contributed by atoms with Crippen LogP contribution in [0.25, 0.3) is 0 Å². The first-order valence-electron chi connectivity index (χ1n) is 6.43. The molecule has 2 rings (SSSR count). The average Bonchev–Trinajstić information content (AvgIpc) is 2.46. The highest BCUT2D eigenvalue weighted by molar-refractivity contribution is 6.31. The number of halogens is 1. The van der Waals surface area contributed by atoms with Gasteiger partial charge < -0.3 is 10.6 Å². The van der Waals surface area contributed by atoms with Crippen LogP contribution in [0.2, 0.25) is 5.02 Å². The van der Waals surface area contributed by atoms with Crippen molar-refractivity contribution in [2.75, 3.05) is 11.9 Å². The molecule has 4 heteroatoms. The second kappa shape index (κ2) is 5.97. The van der Waals surface area contributed by atoms with Crippen molar-refractivity contribution in [1.82, 2.24) is 0 Å². The summed E-state index contributed by atoms with van der Waals surface area (Å²) in [5, 5.41) is 8.43. The summed E-state index contributed by atoms with van der Waals surface area (Å²) in [6.07, 6.45) is 0. The van der Waals surface area contributed by atoms with E-state index in [1.807, 2.05) is 55.6 Å². The van der Waals surface area contributed by atoms with E-state index in [1.165, 1.54) is 0 Å². The molecule has 0 saturated heterocycles. The standard InChI is InChI=1S/C16H18ClN3/c1-11(12-7-3-5-9-14(12)17)20(2)15-10-6-4-8-13(15)16(18)19/h3-11H,1-2H3,(H3,18,19). The van der Waals surface area contributed by atoms with E-state index in [0.29, 0.717) is 0 Å². The maximum absolute atomic E-state index is 7.68. The number of nitrogens with zero attached hydrogens (tertiary/aromatic N) is 1. The van der Waals surface area contributed by atoms with Gasteiger partial charge in [-0.25, -0.2) is 0 Å². The summed E-state index contributed by atoms with van der Waals surface area (Å²) in [6, 6.07) is 15.5. The Kier molecular flexibility index (Phi) is 4.30. The largest absolute Gasteiger partial charge is 0.384 e. The van der Waals surface area contributed by atoms with E-state index in [1.54, 1.807) is 0 Å². The third-order valence-electron chi connectivity index (χ3n) is 3.51. The number of nitrogens with one attached hydrogen (secondary N) is 1. The number of hydrogen-bond donors (Lipinski definition) is 2. The van der Waals surface area contributed by atoms with Gasteiger partial charge >= 0.3 is 0 Å². The van der Waals surface area contributed by atoms with Crippen molar-refractivity contribution < 1.29 is 0 Å². The van der Waals surface area contributed by atoms with Crippen LogP contribution in [0.3, 0.4) is 0 Å². The summed E-state index contributed by atoms with van der Waals surface area (Å²) in [7, 11) is 1.98. The maximum Gasteiger partial charge on any atom is 0.124 e. The van der Waals surface area contributed by atoms with Crippen molar-refractivity contribution >= 4 is 23.1 Å². The normalized spacial score (nSPS) is 11.9. The lowest BCUT2D eigenvalue weighted by Crippen LogP contribution is -2.25. The number of amidine groups is 1. The Morgan fingerprint density at radius 1 is 1.15 bits per heavy atom. The molecule has 0 radical (unpaired) electrons. The van der Waals surface area contributed by atoms with Crippen LogP contribution >= 0.6 is 11.6 Å². The second-order valence-corrected chi connectivity index (χ2v) is 5.15. The van der Waals surface area contributed by atoms with Gasteiger partial charge in [-0.15, -0.1) is 0 Å². The Bertz CT molecular complexity index is 625. The fraction of sp³-hybridized carbons (Fsp3) is 0.188. The predicted octanol–water partition coefficient (Wildman–Crippen LogP) is 3.82. The van der Waals surface area contributed by atoms with Gasteiger partial charge in [-0.2, -0.15) is 0 Å². The molecule has 20 heavy (non-hydrogen) atoms. The molecule has 0 aliphatic rings. The molecular formula is C16H18ClN3. The van der Waals surface area contributed by atoms with Crippen LogP contribution in [-0.4, -0.2) is 12.9 Å². The smallest absolute Gasteiger partial charge is 0.124 e. The molecule has 0 aromatic heterocycles. The van der Waals surface area contributed by atoms with Gasteiger partial charge in [0.1, 0.15) is 5.84 Å². The summed E-state index contributed by atoms with van der Waals surface area (Å²) in [4.78, 5) is 2.08. The first kappa shape index (κ1) is 14.4. The van der Waals surface area contributed by atoms with Crippen LogP contribution in [0.5, 0.6) is 0 Å². The zero-order valence-corrected chi connectivity index (χ0v) is 12.4. The minimum atomic E-state index is 0.0683. The zero-order valence-electron chi connectivity index (χ0n) is 11.6. The fourth-order valence-corrected chi connectivity index (χ4v) is 2.53. The lowest BCUT2D eigenvalue weighted by Gasteiger charge is -2.29. The highest BCUT2D eigenvalue weighted by Crippen LogP contribution is 2.31. The van der Waals surface area contributed by atoms with Gasteiger partial charge in [0.25, 0.3) is 0 Å². The number of nitrogens with two attached hydrogens (primary N) is 1. The maximum atomic E-state index is 7.68. The van der Waals surface area contributed by atoms with Crippen LogP contribution in [0, 0.1) is 5.41 Å². The van der Waals surface area contributed by atoms with E-state index in [2.05, 4.69) is 11.8 Å². The van der Waals surface area contributed by atoms with E-state index in [9.17, 15) is 0 Å². The number of nitrogen functional groups attached to an aromatic ring is 1. The zero-order chi connectivity index (χ0) is 14.7. The summed E-state index contributed by atoms with van der Waals surface area (Å²) in [5.74, 6) is 0.0683. The van der Waals surface area contributed by atoms with Crippen molar-refractivity contribution in [3.63, 3.8) is 0 Å². The van der Waals surface area contributed by atoms with Crippen LogP contribution in [-0.2, 0) is 0 Å². The van der Waals surface area contributed by atoms with Crippen LogP contribution in [0.4, 0.5) is 5.69 Å². The Morgan fingerprint density at radius 2 is 1.75 bits per heavy atom. The number of hydrogen-bond acceptors (Lipinski definition) is 2. The molecule has 2 aromatic rings. The Hall–Kier alpha value is -2.00. The molecule has 0 fully saturated rings. The van der Waals surface area contributed by atoms with Crippen molar-refractivity contribution in [3.05, 3.63) is 64.7 Å². The van der Waals surface area contributed by atoms with E-state index < -0.39 is 0 Å². The second-order valence-electron chi connectivity index (χ2n) is 4.74. The van der Waals surface area contributed by atoms with E-state index in [4.69, 9.17) is 22.7 Å². The van der Waals surface area contributed by atoms with Gasteiger partial charge in [0, 0.05) is 23.3 Å². The fourth-order valence-electron chi connectivity index (χ4n) is 2.24.